The van der Waals surface area contributed by atoms with Gasteiger partial charge in [-0.2, -0.15) is 5.26 Å². The monoisotopic (exact) mass is 256 g/mol. The van der Waals surface area contributed by atoms with Crippen molar-refractivity contribution in [3.05, 3.63) is 23.8 Å². The highest BCUT2D eigenvalue weighted by atomic mass is 32.2. The van der Waals surface area contributed by atoms with E-state index in [0.29, 0.717) is 0 Å². The number of nitrogens with one attached hydrogen (secondary N) is 1. The van der Waals surface area contributed by atoms with E-state index in [1.54, 1.807) is 4.72 Å². The molecule has 0 saturated carbocycles. The van der Waals surface area contributed by atoms with Crippen LogP contribution >= 0.6 is 0 Å². The van der Waals surface area contributed by atoms with E-state index < -0.39 is 16.0 Å². The average Bonchev–Trinajstić information content (AvgIpc) is 2.28. The summed E-state index contributed by atoms with van der Waals surface area (Å²) in [5, 5.41) is 17.0. The number of sulfonamides is 1. The Morgan fingerprint density at radius 2 is 2.18 bits per heavy atom. The van der Waals surface area contributed by atoms with Crippen molar-refractivity contribution < 1.29 is 23.1 Å². The third-order valence-electron chi connectivity index (χ3n) is 1.88. The first-order chi connectivity index (χ1) is 7.92. The van der Waals surface area contributed by atoms with Gasteiger partial charge in [-0.3, -0.25) is 0 Å². The molecule has 0 atom stereocenters. The van der Waals surface area contributed by atoms with Crippen molar-refractivity contribution in [2.24, 2.45) is 0 Å². The van der Waals surface area contributed by atoms with E-state index in [1.807, 2.05) is 0 Å². The molecule has 0 bridgehead atoms. The summed E-state index contributed by atoms with van der Waals surface area (Å²) in [5.41, 5.74) is -0.113. The zero-order chi connectivity index (χ0) is 13.1. The topological polar surface area (TPSA) is 116 Å². The second-order valence-corrected chi connectivity index (χ2v) is 4.54. The molecule has 0 aromatic heterocycles. The molecule has 0 aliphatic rings. The van der Waals surface area contributed by atoms with Crippen LogP contribution in [0.15, 0.2) is 23.1 Å². The third-order valence-corrected chi connectivity index (χ3v) is 3.16. The molecule has 0 heterocycles. The molecule has 1 aromatic rings. The van der Waals surface area contributed by atoms with Crippen molar-refractivity contribution in [1.29, 1.82) is 5.26 Å². The van der Waals surface area contributed by atoms with E-state index in [-0.39, 0.29) is 16.2 Å². The van der Waals surface area contributed by atoms with Gasteiger partial charge in [0, 0.05) is 0 Å². The van der Waals surface area contributed by atoms with Crippen molar-refractivity contribution in [1.82, 2.24) is 4.72 Å². The molecule has 0 radical (unpaired) electrons. The number of nitrogens with zero attached hydrogens (tertiary/aromatic N) is 1. The van der Waals surface area contributed by atoms with Crippen LogP contribution in [0.2, 0.25) is 0 Å². The quantitative estimate of drug-likeness (QED) is 0.585. The minimum absolute atomic E-state index is 0.113. The van der Waals surface area contributed by atoms with Gasteiger partial charge in [-0.15, -0.1) is 0 Å². The molecular weight excluding hydrogens is 248 g/mol. The molecule has 90 valence electrons. The van der Waals surface area contributed by atoms with Gasteiger partial charge in [0.1, 0.15) is 10.6 Å². The van der Waals surface area contributed by atoms with Gasteiger partial charge < -0.3 is 9.84 Å². The zero-order valence-electron chi connectivity index (χ0n) is 8.67. The number of nitriles is 1. The molecule has 0 aliphatic heterocycles. The minimum atomic E-state index is -4.02. The lowest BCUT2D eigenvalue weighted by Crippen LogP contribution is -2.19. The van der Waals surface area contributed by atoms with Crippen molar-refractivity contribution in [2.45, 2.75) is 4.90 Å². The van der Waals surface area contributed by atoms with E-state index in [0.717, 1.165) is 18.2 Å². The second-order valence-electron chi connectivity index (χ2n) is 2.89. The van der Waals surface area contributed by atoms with Crippen LogP contribution in [0.25, 0.3) is 0 Å². The smallest absolute Gasteiger partial charge is 0.335 e. The largest absolute Gasteiger partial charge is 0.495 e. The van der Waals surface area contributed by atoms with E-state index in [1.165, 1.54) is 13.3 Å². The predicted molar refractivity (Wildman–Crippen MR) is 55.9 cm³/mol. The predicted octanol–water partition coefficient (Wildman–Crippen LogP) is 0.153. The Labute approximate surface area is 97.3 Å². The molecule has 1 aromatic carbocycles. The number of carbonyl (C=O) groups is 1. The summed E-state index contributed by atoms with van der Waals surface area (Å²) in [5.74, 6) is -1.35. The van der Waals surface area contributed by atoms with Crippen molar-refractivity contribution >= 4 is 16.0 Å². The minimum Gasteiger partial charge on any atom is -0.495 e. The maximum Gasteiger partial charge on any atom is 0.335 e. The number of rotatable bonds is 4. The van der Waals surface area contributed by atoms with Crippen LogP contribution in [0, 0.1) is 11.5 Å². The number of methoxy groups -OCH3 is 1. The van der Waals surface area contributed by atoms with E-state index >= 15 is 0 Å². The van der Waals surface area contributed by atoms with Crippen LogP contribution in [0.5, 0.6) is 5.75 Å². The molecule has 0 spiro atoms. The van der Waals surface area contributed by atoms with Crippen LogP contribution in [0.1, 0.15) is 10.4 Å². The Morgan fingerprint density at radius 1 is 1.53 bits per heavy atom. The Morgan fingerprint density at radius 3 is 2.65 bits per heavy atom. The van der Waals surface area contributed by atoms with Crippen LogP contribution in [-0.4, -0.2) is 26.6 Å². The highest BCUT2D eigenvalue weighted by Crippen LogP contribution is 2.24. The number of ether oxygens (including phenoxy) is 1. The molecule has 17 heavy (non-hydrogen) atoms. The lowest BCUT2D eigenvalue weighted by molar-refractivity contribution is 0.0696. The van der Waals surface area contributed by atoms with E-state index in [9.17, 15) is 13.2 Å². The fourth-order valence-electron chi connectivity index (χ4n) is 1.14. The first-order valence-corrected chi connectivity index (χ1v) is 5.73. The van der Waals surface area contributed by atoms with Crippen molar-refractivity contribution in [2.75, 3.05) is 7.11 Å². The van der Waals surface area contributed by atoms with Gasteiger partial charge in [-0.1, -0.05) is 0 Å². The summed E-state index contributed by atoms with van der Waals surface area (Å²) in [7, 11) is -2.82. The number of benzene rings is 1. The first kappa shape index (κ1) is 12.8. The van der Waals surface area contributed by atoms with Gasteiger partial charge in [0.15, 0.2) is 6.19 Å². The summed E-state index contributed by atoms with van der Waals surface area (Å²) in [4.78, 5) is 10.4. The van der Waals surface area contributed by atoms with Gasteiger partial charge in [-0.05, 0) is 18.2 Å². The fourth-order valence-corrected chi connectivity index (χ4v) is 2.02. The fraction of sp³-hybridized carbons (Fsp3) is 0.111. The number of hydrogen-bond donors (Lipinski definition) is 2. The maximum atomic E-state index is 11.5. The zero-order valence-corrected chi connectivity index (χ0v) is 9.48. The Balaban J connectivity index is 3.38. The SMILES string of the molecule is COc1cc(C(=O)O)ccc1S(=O)(=O)NC#N. The first-order valence-electron chi connectivity index (χ1n) is 4.24. The highest BCUT2D eigenvalue weighted by molar-refractivity contribution is 7.89. The van der Waals surface area contributed by atoms with E-state index in [2.05, 4.69) is 0 Å². The lowest BCUT2D eigenvalue weighted by atomic mass is 10.2. The summed E-state index contributed by atoms with van der Waals surface area (Å²) in [6.45, 7) is 0. The Bertz CT molecular complexity index is 588. The Kier molecular flexibility index (Phi) is 3.55. The molecule has 0 amide bonds. The van der Waals surface area contributed by atoms with Crippen LogP contribution in [-0.2, 0) is 10.0 Å². The third kappa shape index (κ3) is 2.64. The molecule has 0 aliphatic carbocycles. The van der Waals surface area contributed by atoms with Gasteiger partial charge >= 0.3 is 5.97 Å². The van der Waals surface area contributed by atoms with Crippen LogP contribution in [0.3, 0.4) is 0 Å². The van der Waals surface area contributed by atoms with Crippen molar-refractivity contribution in [3.8, 4) is 11.9 Å². The maximum absolute atomic E-state index is 11.5. The molecule has 0 saturated heterocycles. The van der Waals surface area contributed by atoms with Crippen LogP contribution < -0.4 is 9.46 Å². The summed E-state index contributed by atoms with van der Waals surface area (Å²) < 4.78 is 29.5. The molecule has 8 heteroatoms. The number of aromatic carboxylic acids is 1. The summed E-state index contributed by atoms with van der Waals surface area (Å²) in [6.07, 6.45) is 1.29. The van der Waals surface area contributed by atoms with Gasteiger partial charge in [-0.25, -0.2) is 17.9 Å². The van der Waals surface area contributed by atoms with Crippen LogP contribution in [0.4, 0.5) is 0 Å². The summed E-state index contributed by atoms with van der Waals surface area (Å²) >= 11 is 0. The number of hydrogen-bond acceptors (Lipinski definition) is 5. The highest BCUT2D eigenvalue weighted by Gasteiger charge is 2.20. The lowest BCUT2D eigenvalue weighted by Gasteiger charge is -2.08. The number of carboxylic acids is 1. The van der Waals surface area contributed by atoms with Gasteiger partial charge in [0.25, 0.3) is 10.0 Å². The van der Waals surface area contributed by atoms with Crippen molar-refractivity contribution in [3.63, 3.8) is 0 Å². The second kappa shape index (κ2) is 4.71. The van der Waals surface area contributed by atoms with Gasteiger partial charge in [0.05, 0.1) is 12.7 Å². The van der Waals surface area contributed by atoms with E-state index in [4.69, 9.17) is 15.1 Å². The summed E-state index contributed by atoms with van der Waals surface area (Å²) in [6, 6.07) is 3.23. The molecule has 7 nitrogen and oxygen atoms in total. The molecular formula is C9H8N2O5S. The molecule has 1 rings (SSSR count). The molecule has 2 N–H and O–H groups in total. The standard InChI is InChI=1S/C9H8N2O5S/c1-16-7-4-6(9(12)13)2-3-8(7)17(14,15)11-5-10/h2-4,11H,1H3,(H,12,13). The molecule has 0 fully saturated rings. The van der Waals surface area contributed by atoms with Gasteiger partial charge in [0.2, 0.25) is 0 Å². The average molecular weight is 256 g/mol. The normalized spacial score (nSPS) is 10.4. The Hall–Kier alpha value is -2.27. The molecule has 0 unspecified atom stereocenters. The number of carboxylic acid groups (broad SMARTS) is 1.